The molecule has 0 amide bonds. The second kappa shape index (κ2) is 10.6. The largest absolute Gasteiger partial charge is 0.292 e. The molecule has 0 saturated carbocycles. The number of aromatic nitrogens is 2. The van der Waals surface area contributed by atoms with Crippen molar-refractivity contribution in [2.45, 2.75) is 25.7 Å². The van der Waals surface area contributed by atoms with Gasteiger partial charge in [-0.25, -0.2) is 4.98 Å². The minimum Gasteiger partial charge on any atom is -0.292 e. The van der Waals surface area contributed by atoms with Gasteiger partial charge in [0.15, 0.2) is 0 Å². The van der Waals surface area contributed by atoms with Crippen LogP contribution in [0, 0.1) is 0 Å². The molecule has 1 heterocycles. The summed E-state index contributed by atoms with van der Waals surface area (Å²) in [4.78, 5) is 5.11. The summed E-state index contributed by atoms with van der Waals surface area (Å²) in [5.41, 5.74) is 12.6. The molecule has 214 valence electrons. The Labute approximate surface area is 263 Å². The molecule has 0 atom stereocenters. The van der Waals surface area contributed by atoms with E-state index in [9.17, 15) is 0 Å². The van der Waals surface area contributed by atoms with E-state index in [1.165, 1.54) is 54.6 Å². The summed E-state index contributed by atoms with van der Waals surface area (Å²) in [7, 11) is 0. The van der Waals surface area contributed by atoms with E-state index in [0.29, 0.717) is 0 Å². The molecule has 0 spiro atoms. The highest BCUT2D eigenvalue weighted by Gasteiger charge is 2.20. The second-order valence-corrected chi connectivity index (χ2v) is 12.1. The van der Waals surface area contributed by atoms with Crippen molar-refractivity contribution in [3.63, 3.8) is 0 Å². The summed E-state index contributed by atoms with van der Waals surface area (Å²) in [6, 6.07) is 45.9. The molecule has 2 heteroatoms. The summed E-state index contributed by atoms with van der Waals surface area (Å²) in [5, 5.41) is 5.44. The third-order valence-corrected chi connectivity index (χ3v) is 9.53. The lowest BCUT2D eigenvalue weighted by Gasteiger charge is -2.22. The fourth-order valence-corrected chi connectivity index (χ4v) is 7.49. The van der Waals surface area contributed by atoms with Gasteiger partial charge in [0.1, 0.15) is 5.82 Å². The van der Waals surface area contributed by atoms with Crippen molar-refractivity contribution < 1.29 is 0 Å². The number of fused-ring (bicyclic) bond motifs is 4. The first-order valence-electron chi connectivity index (χ1n) is 16.0. The number of hydrogen-bond acceptors (Lipinski definition) is 1. The lowest BCUT2D eigenvalue weighted by Crippen LogP contribution is -2.33. The molecule has 2 aliphatic carbocycles. The van der Waals surface area contributed by atoms with E-state index in [-0.39, 0.29) is 0 Å². The Hall–Kier alpha value is -5.47. The summed E-state index contributed by atoms with van der Waals surface area (Å²) >= 11 is 0. The summed E-state index contributed by atoms with van der Waals surface area (Å²) in [6.45, 7) is 0. The maximum atomic E-state index is 5.11. The zero-order valence-electron chi connectivity index (χ0n) is 25.1. The van der Waals surface area contributed by atoms with Crippen LogP contribution in [-0.4, -0.2) is 9.55 Å². The van der Waals surface area contributed by atoms with Gasteiger partial charge in [-0.15, -0.1) is 0 Å². The number of allylic oxidation sites excluding steroid dienone is 1. The van der Waals surface area contributed by atoms with Crippen molar-refractivity contribution >= 4 is 45.6 Å². The molecule has 7 aromatic rings. The fraction of sp³-hybridized carbons (Fsp3) is 0.0930. The predicted molar refractivity (Wildman–Crippen MR) is 189 cm³/mol. The SMILES string of the molecule is C1=C(c2c3c(c(-c4ccc(-c5nc6ccccc6n5-c5ccccc5)cc4)c4ccccc24)=CCCC=3)CCc2ccccc21. The standard InChI is InChI=1S/C43H32N2/c1-2-14-34(15-3-1)45-40-21-11-10-20-39(40)44-43(45)31-25-23-30(24-26-31)41-35-16-6-8-18-37(35)42(38-19-9-7-17-36(38)41)33-27-22-29-12-4-5-13-32(29)28-33/h1-6,8,10-21,23-26,28H,7,9,22,27H2. The molecule has 0 N–H and O–H groups in total. The summed E-state index contributed by atoms with van der Waals surface area (Å²) in [5.74, 6) is 0.959. The van der Waals surface area contributed by atoms with Gasteiger partial charge in [-0.3, -0.25) is 4.57 Å². The van der Waals surface area contributed by atoms with E-state index in [4.69, 9.17) is 4.98 Å². The first kappa shape index (κ1) is 26.0. The fourth-order valence-electron chi connectivity index (χ4n) is 7.49. The smallest absolute Gasteiger partial charge is 0.145 e. The molecule has 0 aliphatic heterocycles. The van der Waals surface area contributed by atoms with E-state index < -0.39 is 0 Å². The Balaban J connectivity index is 1.23. The van der Waals surface area contributed by atoms with E-state index in [2.05, 4.69) is 150 Å². The lowest BCUT2D eigenvalue weighted by molar-refractivity contribution is 0.999. The van der Waals surface area contributed by atoms with Gasteiger partial charge in [-0.05, 0) is 105 Å². The molecule has 2 aliphatic rings. The molecule has 0 bridgehead atoms. The van der Waals surface area contributed by atoms with Crippen molar-refractivity contribution in [1.82, 2.24) is 9.55 Å². The normalized spacial score (nSPS) is 13.9. The van der Waals surface area contributed by atoms with Gasteiger partial charge >= 0.3 is 0 Å². The Morgan fingerprint density at radius 2 is 1.18 bits per heavy atom. The van der Waals surface area contributed by atoms with Crippen molar-refractivity contribution in [3.05, 3.63) is 155 Å². The quantitative estimate of drug-likeness (QED) is 0.204. The minimum absolute atomic E-state index is 0.959. The van der Waals surface area contributed by atoms with Crippen molar-refractivity contribution in [1.29, 1.82) is 0 Å². The van der Waals surface area contributed by atoms with Gasteiger partial charge in [0.05, 0.1) is 11.0 Å². The average molecular weight is 577 g/mol. The maximum Gasteiger partial charge on any atom is 0.145 e. The van der Waals surface area contributed by atoms with Crippen LogP contribution in [0.1, 0.15) is 36.0 Å². The van der Waals surface area contributed by atoms with E-state index >= 15 is 0 Å². The molecular weight excluding hydrogens is 544 g/mol. The van der Waals surface area contributed by atoms with Gasteiger partial charge in [0.2, 0.25) is 0 Å². The monoisotopic (exact) mass is 576 g/mol. The highest BCUT2D eigenvalue weighted by Crippen LogP contribution is 2.36. The predicted octanol–water partition coefficient (Wildman–Crippen LogP) is 9.35. The topological polar surface area (TPSA) is 17.8 Å². The highest BCUT2D eigenvalue weighted by molar-refractivity contribution is 6.06. The summed E-state index contributed by atoms with van der Waals surface area (Å²) in [6.07, 6.45) is 11.7. The molecule has 9 rings (SSSR count). The van der Waals surface area contributed by atoms with Gasteiger partial charge in [-0.1, -0.05) is 121 Å². The number of para-hydroxylation sites is 3. The van der Waals surface area contributed by atoms with Crippen LogP contribution in [0.4, 0.5) is 0 Å². The van der Waals surface area contributed by atoms with Crippen LogP contribution >= 0.6 is 0 Å². The van der Waals surface area contributed by atoms with Crippen LogP contribution in [0.5, 0.6) is 0 Å². The Morgan fingerprint density at radius 3 is 2.00 bits per heavy atom. The third kappa shape index (κ3) is 4.29. The summed E-state index contributed by atoms with van der Waals surface area (Å²) < 4.78 is 2.27. The first-order chi connectivity index (χ1) is 22.3. The van der Waals surface area contributed by atoms with Crippen LogP contribution in [0.25, 0.3) is 73.8 Å². The van der Waals surface area contributed by atoms with E-state index in [1.807, 2.05) is 0 Å². The Kier molecular flexibility index (Phi) is 6.12. The van der Waals surface area contributed by atoms with Crippen LogP contribution < -0.4 is 10.4 Å². The Bertz CT molecular complexity index is 2410. The van der Waals surface area contributed by atoms with Crippen LogP contribution in [0.15, 0.2) is 127 Å². The van der Waals surface area contributed by atoms with Crippen LogP contribution in [0.3, 0.4) is 0 Å². The maximum absolute atomic E-state index is 5.11. The number of rotatable bonds is 4. The van der Waals surface area contributed by atoms with Crippen LogP contribution in [-0.2, 0) is 6.42 Å². The molecule has 0 saturated heterocycles. The zero-order valence-corrected chi connectivity index (χ0v) is 25.1. The minimum atomic E-state index is 0.959. The van der Waals surface area contributed by atoms with Gasteiger partial charge in [0.25, 0.3) is 0 Å². The van der Waals surface area contributed by atoms with Gasteiger partial charge < -0.3 is 0 Å². The number of aryl methyl sites for hydroxylation is 1. The van der Waals surface area contributed by atoms with Crippen molar-refractivity contribution in [2.75, 3.05) is 0 Å². The lowest BCUT2D eigenvalue weighted by atomic mass is 9.82. The highest BCUT2D eigenvalue weighted by atomic mass is 15.1. The van der Waals surface area contributed by atoms with Crippen molar-refractivity contribution in [3.8, 4) is 28.2 Å². The van der Waals surface area contributed by atoms with E-state index in [0.717, 1.165) is 53.8 Å². The molecular formula is C43H32N2. The van der Waals surface area contributed by atoms with Gasteiger partial charge in [0, 0.05) is 11.3 Å². The number of hydrogen-bond donors (Lipinski definition) is 0. The van der Waals surface area contributed by atoms with E-state index in [1.54, 1.807) is 0 Å². The van der Waals surface area contributed by atoms with Gasteiger partial charge in [-0.2, -0.15) is 0 Å². The second-order valence-electron chi connectivity index (χ2n) is 12.1. The number of imidazole rings is 1. The van der Waals surface area contributed by atoms with Crippen molar-refractivity contribution in [2.24, 2.45) is 0 Å². The van der Waals surface area contributed by atoms with Crippen LogP contribution in [0.2, 0.25) is 0 Å². The number of nitrogens with zero attached hydrogens (tertiary/aromatic N) is 2. The molecule has 1 aromatic heterocycles. The molecule has 6 aromatic carbocycles. The zero-order chi connectivity index (χ0) is 29.7. The first-order valence-corrected chi connectivity index (χ1v) is 16.0. The third-order valence-electron chi connectivity index (χ3n) is 9.53. The molecule has 0 unspecified atom stereocenters. The molecule has 0 radical (unpaired) electrons. The molecule has 45 heavy (non-hydrogen) atoms. The molecule has 2 nitrogen and oxygen atoms in total. The number of benzene rings is 6. The Morgan fingerprint density at radius 1 is 0.533 bits per heavy atom. The average Bonchev–Trinajstić information content (AvgIpc) is 3.50. The molecule has 0 fully saturated rings.